The fourth-order valence-corrected chi connectivity index (χ4v) is 2.11. The number of hydrogen-bond donors (Lipinski definition) is 2. The molecule has 1 unspecified atom stereocenters. The molecule has 0 saturated heterocycles. The zero-order valence-corrected chi connectivity index (χ0v) is 12.3. The molecule has 1 aromatic carbocycles. The Kier molecular flexibility index (Phi) is 4.13. The third-order valence-electron chi connectivity index (χ3n) is 4.04. The molecule has 4 heteroatoms. The summed E-state index contributed by atoms with van der Waals surface area (Å²) in [6.07, 6.45) is 2.76. The van der Waals surface area contributed by atoms with Crippen molar-refractivity contribution in [2.45, 2.75) is 44.4 Å². The molecule has 106 valence electrons. The number of likely N-dealkylation sites (N-methyl/N-ethyl adjacent to an activating group) is 1. The maximum absolute atomic E-state index is 5.85. The molecule has 3 N–H and O–H groups in total. The highest BCUT2D eigenvalue weighted by molar-refractivity contribution is 5.32. The van der Waals surface area contributed by atoms with Crippen LogP contribution in [-0.2, 0) is 0 Å². The van der Waals surface area contributed by atoms with Crippen molar-refractivity contribution in [2.24, 2.45) is 5.84 Å². The highest BCUT2D eigenvalue weighted by Crippen LogP contribution is 2.32. The highest BCUT2D eigenvalue weighted by atomic mass is 16.5. The molecular weight excluding hydrogens is 238 g/mol. The molecule has 1 aromatic rings. The number of hydrazine groups is 1. The van der Waals surface area contributed by atoms with Gasteiger partial charge in [-0.2, -0.15) is 0 Å². The van der Waals surface area contributed by atoms with Crippen LogP contribution in [0.4, 0.5) is 0 Å². The first kappa shape index (κ1) is 14.3. The van der Waals surface area contributed by atoms with Crippen LogP contribution in [0.25, 0.3) is 0 Å². The number of rotatable bonds is 6. The van der Waals surface area contributed by atoms with E-state index in [1.165, 1.54) is 12.8 Å². The molecule has 4 nitrogen and oxygen atoms in total. The summed E-state index contributed by atoms with van der Waals surface area (Å²) < 4.78 is 5.85. The van der Waals surface area contributed by atoms with Gasteiger partial charge in [0.15, 0.2) is 0 Å². The lowest BCUT2D eigenvalue weighted by atomic mass is 9.88. The summed E-state index contributed by atoms with van der Waals surface area (Å²) in [6, 6.07) is 8.27. The van der Waals surface area contributed by atoms with Crippen molar-refractivity contribution in [3.8, 4) is 5.75 Å². The predicted octanol–water partition coefficient (Wildman–Crippen LogP) is 2.07. The maximum Gasteiger partial charge on any atom is 0.120 e. The van der Waals surface area contributed by atoms with Crippen LogP contribution in [0.2, 0.25) is 0 Å². The van der Waals surface area contributed by atoms with E-state index in [0.29, 0.717) is 6.10 Å². The summed E-state index contributed by atoms with van der Waals surface area (Å²) in [5, 5.41) is 0. The number of hydrogen-bond acceptors (Lipinski definition) is 4. The van der Waals surface area contributed by atoms with Gasteiger partial charge >= 0.3 is 0 Å². The lowest BCUT2D eigenvalue weighted by Gasteiger charge is -2.40. The molecule has 1 atom stereocenters. The van der Waals surface area contributed by atoms with Crippen molar-refractivity contribution in [3.63, 3.8) is 0 Å². The topological polar surface area (TPSA) is 50.5 Å². The number of nitrogens with two attached hydrogens (primary N) is 1. The summed E-state index contributed by atoms with van der Waals surface area (Å²) in [6.45, 7) is 4.35. The lowest BCUT2D eigenvalue weighted by molar-refractivity contribution is 0.138. The van der Waals surface area contributed by atoms with E-state index in [0.717, 1.165) is 11.3 Å². The van der Waals surface area contributed by atoms with Gasteiger partial charge in [0, 0.05) is 5.54 Å². The average Bonchev–Trinajstić information content (AvgIpc) is 3.14. The zero-order valence-electron chi connectivity index (χ0n) is 12.3. The number of ether oxygens (including phenoxy) is 1. The summed E-state index contributed by atoms with van der Waals surface area (Å²) in [5.74, 6) is 6.71. The van der Waals surface area contributed by atoms with Gasteiger partial charge in [0.1, 0.15) is 5.75 Å². The minimum absolute atomic E-state index is 0.0465. The van der Waals surface area contributed by atoms with E-state index in [-0.39, 0.29) is 11.6 Å². The van der Waals surface area contributed by atoms with E-state index in [1.54, 1.807) is 0 Å². The first-order chi connectivity index (χ1) is 8.95. The van der Waals surface area contributed by atoms with Gasteiger partial charge in [0.2, 0.25) is 0 Å². The molecule has 1 saturated carbocycles. The molecule has 0 amide bonds. The van der Waals surface area contributed by atoms with Crippen molar-refractivity contribution in [2.75, 3.05) is 14.1 Å². The maximum atomic E-state index is 5.85. The van der Waals surface area contributed by atoms with Gasteiger partial charge < -0.3 is 9.64 Å². The second-order valence-corrected chi connectivity index (χ2v) is 6.04. The Morgan fingerprint density at radius 2 is 2.05 bits per heavy atom. The first-order valence-corrected chi connectivity index (χ1v) is 6.85. The van der Waals surface area contributed by atoms with Crippen LogP contribution < -0.4 is 16.0 Å². The molecule has 2 rings (SSSR count). The Morgan fingerprint density at radius 3 is 2.58 bits per heavy atom. The number of nitrogens with zero attached hydrogens (tertiary/aromatic N) is 1. The molecule has 0 aliphatic heterocycles. The fourth-order valence-electron chi connectivity index (χ4n) is 2.11. The molecule has 1 fully saturated rings. The highest BCUT2D eigenvalue weighted by Gasteiger charge is 2.32. The molecule has 0 bridgehead atoms. The Hall–Kier alpha value is -1.10. The van der Waals surface area contributed by atoms with E-state index < -0.39 is 0 Å². The monoisotopic (exact) mass is 263 g/mol. The third kappa shape index (κ3) is 3.26. The normalized spacial score (nSPS) is 17.6. The molecule has 1 aliphatic rings. The number of nitrogens with one attached hydrogen (secondary N) is 1. The molecular formula is C15H25N3O. The van der Waals surface area contributed by atoms with Crippen LogP contribution in [-0.4, -0.2) is 30.6 Å². The largest absolute Gasteiger partial charge is 0.490 e. The average molecular weight is 263 g/mol. The number of benzene rings is 1. The molecule has 0 heterocycles. The zero-order chi connectivity index (χ0) is 14.0. The lowest BCUT2D eigenvalue weighted by Crippen LogP contribution is -2.51. The second-order valence-electron chi connectivity index (χ2n) is 6.04. The molecule has 0 spiro atoms. The minimum atomic E-state index is -0.0903. The molecule has 0 aromatic heterocycles. The van der Waals surface area contributed by atoms with Crippen LogP contribution >= 0.6 is 0 Å². The molecule has 1 aliphatic carbocycles. The summed E-state index contributed by atoms with van der Waals surface area (Å²) in [4.78, 5) is 2.17. The second kappa shape index (κ2) is 5.49. The van der Waals surface area contributed by atoms with Gasteiger partial charge in [-0.25, -0.2) is 0 Å². The van der Waals surface area contributed by atoms with Crippen molar-refractivity contribution in [1.82, 2.24) is 10.3 Å². The van der Waals surface area contributed by atoms with Crippen molar-refractivity contribution in [3.05, 3.63) is 29.8 Å². The SMILES string of the molecule is CN(C)C(C)(C)C(NN)c1cccc(OC2CC2)c1. The van der Waals surface area contributed by atoms with Gasteiger partial charge in [-0.3, -0.25) is 11.3 Å². The van der Waals surface area contributed by atoms with E-state index in [4.69, 9.17) is 10.6 Å². The van der Waals surface area contributed by atoms with Gasteiger partial charge in [0.25, 0.3) is 0 Å². The van der Waals surface area contributed by atoms with E-state index in [1.807, 2.05) is 12.1 Å². The van der Waals surface area contributed by atoms with Gasteiger partial charge in [-0.05, 0) is 58.5 Å². The Bertz CT molecular complexity index is 427. The standard InChI is InChI=1S/C15H25N3O/c1-15(2,18(3)4)14(17-16)11-6-5-7-13(10-11)19-12-8-9-12/h5-7,10,12,14,17H,8-9,16H2,1-4H3. The Morgan fingerprint density at radius 1 is 1.37 bits per heavy atom. The van der Waals surface area contributed by atoms with E-state index in [9.17, 15) is 0 Å². The smallest absolute Gasteiger partial charge is 0.120 e. The summed E-state index contributed by atoms with van der Waals surface area (Å²) in [5.41, 5.74) is 4.00. The van der Waals surface area contributed by atoms with Crippen molar-refractivity contribution in [1.29, 1.82) is 0 Å². The third-order valence-corrected chi connectivity index (χ3v) is 4.04. The van der Waals surface area contributed by atoms with Crippen LogP contribution in [0.15, 0.2) is 24.3 Å². The van der Waals surface area contributed by atoms with Crippen LogP contribution in [0.1, 0.15) is 38.3 Å². The van der Waals surface area contributed by atoms with Crippen molar-refractivity contribution >= 4 is 0 Å². The molecule has 0 radical (unpaired) electrons. The van der Waals surface area contributed by atoms with Crippen LogP contribution in [0.5, 0.6) is 5.75 Å². The first-order valence-electron chi connectivity index (χ1n) is 6.85. The van der Waals surface area contributed by atoms with E-state index in [2.05, 4.69) is 50.4 Å². The van der Waals surface area contributed by atoms with Crippen LogP contribution in [0, 0.1) is 0 Å². The predicted molar refractivity (Wildman–Crippen MR) is 77.9 cm³/mol. The van der Waals surface area contributed by atoms with Gasteiger partial charge in [-0.1, -0.05) is 12.1 Å². The summed E-state index contributed by atoms with van der Waals surface area (Å²) in [7, 11) is 4.13. The molecule has 19 heavy (non-hydrogen) atoms. The van der Waals surface area contributed by atoms with E-state index >= 15 is 0 Å². The fraction of sp³-hybridized carbons (Fsp3) is 0.600. The van der Waals surface area contributed by atoms with Crippen LogP contribution in [0.3, 0.4) is 0 Å². The summed E-state index contributed by atoms with van der Waals surface area (Å²) >= 11 is 0. The van der Waals surface area contributed by atoms with Gasteiger partial charge in [0.05, 0.1) is 12.1 Å². The Balaban J connectivity index is 2.22. The van der Waals surface area contributed by atoms with Gasteiger partial charge in [-0.15, -0.1) is 0 Å². The Labute approximate surface area is 115 Å². The van der Waals surface area contributed by atoms with Crippen molar-refractivity contribution < 1.29 is 4.74 Å². The minimum Gasteiger partial charge on any atom is -0.490 e. The quantitative estimate of drug-likeness (QED) is 0.609.